The molecule has 0 bridgehead atoms. The van der Waals surface area contributed by atoms with E-state index in [4.69, 9.17) is 4.42 Å². The molecular weight excluding hydrogens is 679 g/mol. The molecule has 11 rings (SSSR count). The van der Waals surface area contributed by atoms with Crippen LogP contribution in [-0.2, 0) is 0 Å². The van der Waals surface area contributed by atoms with E-state index in [-0.39, 0.29) is 0 Å². The number of nitrogens with zero attached hydrogens (tertiary/aromatic N) is 1. The van der Waals surface area contributed by atoms with Crippen molar-refractivity contribution >= 4 is 71.3 Å². The van der Waals surface area contributed by atoms with Gasteiger partial charge in [0.15, 0.2) is 0 Å². The van der Waals surface area contributed by atoms with Gasteiger partial charge in [0.05, 0.1) is 5.69 Å². The Balaban J connectivity index is 1.14. The van der Waals surface area contributed by atoms with Gasteiger partial charge in [-0.05, 0) is 103 Å². The molecule has 0 aliphatic carbocycles. The normalized spacial score (nSPS) is 11.6. The third-order valence-corrected chi connectivity index (χ3v) is 11.2. The molecule has 0 fully saturated rings. The molecule has 0 radical (unpaired) electrons. The van der Waals surface area contributed by atoms with Crippen LogP contribution in [0.3, 0.4) is 0 Å². The number of hydrogen-bond donors (Lipinski definition) is 0. The molecule has 2 nitrogen and oxygen atoms in total. The SMILES string of the molecule is c1ccc(-c2c(-c3ccccc3)c3cc(-c4cccc(N(c5ccc6c(c5)oc5ccccc56)c5cccc6ccccc56)c4)ccc3c3ccccc23)cc1. The van der Waals surface area contributed by atoms with Crippen molar-refractivity contribution in [2.75, 3.05) is 4.90 Å². The minimum Gasteiger partial charge on any atom is -0.456 e. The highest BCUT2D eigenvalue weighted by Gasteiger charge is 2.20. The van der Waals surface area contributed by atoms with E-state index >= 15 is 0 Å². The summed E-state index contributed by atoms with van der Waals surface area (Å²) in [7, 11) is 0. The molecule has 10 aromatic carbocycles. The van der Waals surface area contributed by atoms with E-state index in [1.807, 2.05) is 12.1 Å². The second-order valence-corrected chi connectivity index (χ2v) is 14.5. The minimum absolute atomic E-state index is 0.870. The fourth-order valence-electron chi connectivity index (χ4n) is 8.69. The van der Waals surface area contributed by atoms with Crippen LogP contribution in [0.1, 0.15) is 0 Å². The van der Waals surface area contributed by atoms with Gasteiger partial charge in [-0.25, -0.2) is 0 Å². The van der Waals surface area contributed by atoms with E-state index in [0.717, 1.165) is 50.1 Å². The van der Waals surface area contributed by atoms with Gasteiger partial charge in [0, 0.05) is 33.6 Å². The monoisotopic (exact) mass is 713 g/mol. The van der Waals surface area contributed by atoms with Gasteiger partial charge < -0.3 is 9.32 Å². The predicted octanol–water partition coefficient (Wildman–Crippen LogP) is 15.5. The first-order valence-electron chi connectivity index (χ1n) is 19.2. The van der Waals surface area contributed by atoms with Crippen molar-refractivity contribution in [3.63, 3.8) is 0 Å². The van der Waals surface area contributed by atoms with Crippen LogP contribution in [0, 0.1) is 0 Å². The predicted molar refractivity (Wildman–Crippen MR) is 237 cm³/mol. The lowest BCUT2D eigenvalue weighted by Crippen LogP contribution is -2.10. The topological polar surface area (TPSA) is 16.4 Å². The summed E-state index contributed by atoms with van der Waals surface area (Å²) in [5.41, 5.74) is 12.2. The molecule has 1 heterocycles. The number of rotatable bonds is 6. The summed E-state index contributed by atoms with van der Waals surface area (Å²) in [6.45, 7) is 0. The smallest absolute Gasteiger partial charge is 0.137 e. The van der Waals surface area contributed by atoms with Crippen LogP contribution >= 0.6 is 0 Å². The van der Waals surface area contributed by atoms with Crippen LogP contribution in [-0.4, -0.2) is 0 Å². The molecule has 0 aliphatic rings. The molecule has 2 heteroatoms. The Morgan fingerprint density at radius 1 is 0.286 bits per heavy atom. The molecular formula is C54H35NO. The molecule has 56 heavy (non-hydrogen) atoms. The van der Waals surface area contributed by atoms with Crippen LogP contribution in [0.5, 0.6) is 0 Å². The van der Waals surface area contributed by atoms with Crippen molar-refractivity contribution in [3.8, 4) is 33.4 Å². The fourth-order valence-corrected chi connectivity index (χ4v) is 8.69. The third-order valence-electron chi connectivity index (χ3n) is 11.2. The quantitative estimate of drug-likeness (QED) is 0.160. The summed E-state index contributed by atoms with van der Waals surface area (Å²) in [6, 6.07) is 76.5. The lowest BCUT2D eigenvalue weighted by Gasteiger charge is -2.27. The number of furan rings is 1. The van der Waals surface area contributed by atoms with Gasteiger partial charge in [0.25, 0.3) is 0 Å². The van der Waals surface area contributed by atoms with Gasteiger partial charge in [-0.2, -0.15) is 0 Å². The lowest BCUT2D eigenvalue weighted by molar-refractivity contribution is 0.669. The van der Waals surface area contributed by atoms with E-state index < -0.39 is 0 Å². The second-order valence-electron chi connectivity index (χ2n) is 14.5. The Morgan fingerprint density at radius 2 is 0.821 bits per heavy atom. The highest BCUT2D eigenvalue weighted by atomic mass is 16.3. The van der Waals surface area contributed by atoms with Crippen molar-refractivity contribution in [1.82, 2.24) is 0 Å². The van der Waals surface area contributed by atoms with Crippen LogP contribution in [0.25, 0.3) is 87.6 Å². The first-order chi connectivity index (χ1) is 27.8. The maximum Gasteiger partial charge on any atom is 0.137 e. The molecule has 11 aromatic rings. The van der Waals surface area contributed by atoms with Crippen molar-refractivity contribution < 1.29 is 4.42 Å². The Morgan fingerprint density at radius 3 is 1.62 bits per heavy atom. The number of benzene rings is 10. The number of para-hydroxylation sites is 1. The lowest BCUT2D eigenvalue weighted by atomic mass is 9.84. The van der Waals surface area contributed by atoms with Crippen molar-refractivity contribution in [3.05, 3.63) is 212 Å². The minimum atomic E-state index is 0.870. The molecule has 0 saturated heterocycles. The van der Waals surface area contributed by atoms with E-state index in [0.29, 0.717) is 0 Å². The maximum atomic E-state index is 6.43. The number of hydrogen-bond acceptors (Lipinski definition) is 2. The van der Waals surface area contributed by atoms with Gasteiger partial charge in [-0.1, -0.05) is 164 Å². The van der Waals surface area contributed by atoms with Crippen molar-refractivity contribution in [2.45, 2.75) is 0 Å². The summed E-state index contributed by atoms with van der Waals surface area (Å²) in [5, 5.41) is 9.61. The molecule has 0 N–H and O–H groups in total. The van der Waals surface area contributed by atoms with Gasteiger partial charge in [-0.15, -0.1) is 0 Å². The van der Waals surface area contributed by atoms with Crippen LogP contribution in [0.2, 0.25) is 0 Å². The summed E-state index contributed by atoms with van der Waals surface area (Å²) in [4.78, 5) is 2.37. The number of anilines is 3. The maximum absolute atomic E-state index is 6.43. The Labute approximate surface area is 325 Å². The standard InChI is InChI=1S/C54H35NO/c1-3-16-37(17-4-1)53-48-26-10-9-24-44(48)45-31-29-40(34-49(45)54(53)38-18-5-2-6-19-38)39-21-13-22-41(33-39)55(50-27-14-20-36-15-7-8-23-43(36)50)42-30-32-47-46-25-11-12-28-51(46)56-52(47)35-42/h1-35H. The van der Waals surface area contributed by atoms with E-state index in [1.54, 1.807) is 0 Å². The Bertz CT molecular complexity index is 3250. The molecule has 0 spiro atoms. The first-order valence-corrected chi connectivity index (χ1v) is 19.2. The highest BCUT2D eigenvalue weighted by Crippen LogP contribution is 2.47. The molecule has 262 valence electrons. The second kappa shape index (κ2) is 13.2. The zero-order chi connectivity index (χ0) is 37.0. The molecule has 0 aliphatic heterocycles. The third kappa shape index (κ3) is 5.26. The molecule has 0 unspecified atom stereocenters. The first kappa shape index (κ1) is 32.0. The highest BCUT2D eigenvalue weighted by molar-refractivity contribution is 6.22. The largest absolute Gasteiger partial charge is 0.456 e. The molecule has 0 saturated carbocycles. The zero-order valence-electron chi connectivity index (χ0n) is 30.6. The molecule has 0 amide bonds. The Hall–Kier alpha value is -7.42. The summed E-state index contributed by atoms with van der Waals surface area (Å²) in [6.07, 6.45) is 0. The fraction of sp³-hybridized carbons (Fsp3) is 0. The van der Waals surface area contributed by atoms with E-state index in [2.05, 4.69) is 205 Å². The average molecular weight is 714 g/mol. The van der Waals surface area contributed by atoms with E-state index in [1.165, 1.54) is 54.6 Å². The summed E-state index contributed by atoms with van der Waals surface area (Å²) < 4.78 is 6.43. The van der Waals surface area contributed by atoms with Crippen LogP contribution in [0.15, 0.2) is 217 Å². The molecule has 1 aromatic heterocycles. The van der Waals surface area contributed by atoms with Gasteiger partial charge in [0.1, 0.15) is 11.2 Å². The Kier molecular flexibility index (Phi) is 7.53. The van der Waals surface area contributed by atoms with Crippen molar-refractivity contribution in [2.24, 2.45) is 0 Å². The van der Waals surface area contributed by atoms with Crippen LogP contribution < -0.4 is 4.90 Å². The van der Waals surface area contributed by atoms with Gasteiger partial charge in [-0.3, -0.25) is 0 Å². The van der Waals surface area contributed by atoms with Gasteiger partial charge in [0.2, 0.25) is 0 Å². The number of fused-ring (bicyclic) bond motifs is 7. The summed E-state index contributed by atoms with van der Waals surface area (Å²) in [5.74, 6) is 0. The van der Waals surface area contributed by atoms with Crippen LogP contribution in [0.4, 0.5) is 17.1 Å². The van der Waals surface area contributed by atoms with Crippen molar-refractivity contribution in [1.29, 1.82) is 0 Å². The van der Waals surface area contributed by atoms with Gasteiger partial charge >= 0.3 is 0 Å². The summed E-state index contributed by atoms with van der Waals surface area (Å²) >= 11 is 0. The molecule has 0 atom stereocenters. The average Bonchev–Trinajstić information content (AvgIpc) is 3.65. The van der Waals surface area contributed by atoms with E-state index in [9.17, 15) is 0 Å². The zero-order valence-corrected chi connectivity index (χ0v) is 30.6.